The first-order chi connectivity index (χ1) is 10.2. The van der Waals surface area contributed by atoms with Gasteiger partial charge in [0.1, 0.15) is 0 Å². The molecule has 1 aliphatic heterocycles. The van der Waals surface area contributed by atoms with E-state index in [0.717, 1.165) is 24.3 Å². The van der Waals surface area contributed by atoms with Crippen molar-refractivity contribution in [2.75, 3.05) is 18.4 Å². The van der Waals surface area contributed by atoms with E-state index in [0.29, 0.717) is 12.5 Å². The van der Waals surface area contributed by atoms with Gasteiger partial charge in [-0.2, -0.15) is 5.10 Å². The summed E-state index contributed by atoms with van der Waals surface area (Å²) in [5.74, 6) is 0.571. The fourth-order valence-electron chi connectivity index (χ4n) is 2.47. The minimum Gasteiger partial charge on any atom is -0.326 e. The molecule has 0 radical (unpaired) electrons. The molecule has 3 rings (SSSR count). The summed E-state index contributed by atoms with van der Waals surface area (Å²) in [6.45, 7) is 4.52. The van der Waals surface area contributed by atoms with Crippen molar-refractivity contribution in [1.29, 1.82) is 0 Å². The number of rotatable bonds is 5. The molecule has 21 heavy (non-hydrogen) atoms. The molecule has 5 nitrogen and oxygen atoms in total. The van der Waals surface area contributed by atoms with Crippen LogP contribution in [0.1, 0.15) is 12.5 Å². The second kappa shape index (κ2) is 6.10. The third-order valence-corrected chi connectivity index (χ3v) is 4.10. The highest BCUT2D eigenvalue weighted by atomic mass is 16.1. The summed E-state index contributed by atoms with van der Waals surface area (Å²) in [4.78, 5) is 12.3. The first-order valence-electron chi connectivity index (χ1n) is 7.31. The molecule has 5 heteroatoms. The third-order valence-electron chi connectivity index (χ3n) is 4.10. The molecule has 1 aromatic heterocycles. The van der Waals surface area contributed by atoms with E-state index in [2.05, 4.69) is 15.7 Å². The summed E-state index contributed by atoms with van der Waals surface area (Å²) in [5, 5.41) is 10.5. The standard InChI is InChI=1S/C16H20N4O/c1-12(14-9-17-10-14)16(21)19-15-6-3-2-5-13(15)11-20-8-4-7-18-20/h2-8,12,14,17H,9-11H2,1H3,(H,19,21). The largest absolute Gasteiger partial charge is 0.326 e. The average molecular weight is 284 g/mol. The van der Waals surface area contributed by atoms with Crippen molar-refractivity contribution in [3.63, 3.8) is 0 Å². The van der Waals surface area contributed by atoms with Crippen LogP contribution < -0.4 is 10.6 Å². The van der Waals surface area contributed by atoms with Gasteiger partial charge in [-0.3, -0.25) is 9.48 Å². The van der Waals surface area contributed by atoms with Crippen LogP contribution in [0.25, 0.3) is 0 Å². The number of nitrogens with zero attached hydrogens (tertiary/aromatic N) is 2. The Morgan fingerprint density at radius 2 is 2.24 bits per heavy atom. The first-order valence-corrected chi connectivity index (χ1v) is 7.31. The molecule has 1 unspecified atom stereocenters. The summed E-state index contributed by atoms with van der Waals surface area (Å²) in [7, 11) is 0. The Balaban J connectivity index is 1.71. The Labute approximate surface area is 124 Å². The van der Waals surface area contributed by atoms with E-state index in [1.807, 2.05) is 48.1 Å². The molecule has 2 heterocycles. The number of nitrogens with one attached hydrogen (secondary N) is 2. The Kier molecular flexibility index (Phi) is 4.01. The summed E-state index contributed by atoms with van der Waals surface area (Å²) in [6.07, 6.45) is 3.67. The van der Waals surface area contributed by atoms with Crippen LogP contribution in [0, 0.1) is 11.8 Å². The number of hydrogen-bond donors (Lipinski definition) is 2. The summed E-state index contributed by atoms with van der Waals surface area (Å²) in [5.41, 5.74) is 1.94. The normalized spacial score (nSPS) is 16.2. The lowest BCUT2D eigenvalue weighted by Crippen LogP contribution is -2.48. The van der Waals surface area contributed by atoms with E-state index in [1.165, 1.54) is 0 Å². The van der Waals surface area contributed by atoms with Gasteiger partial charge in [-0.1, -0.05) is 25.1 Å². The maximum atomic E-state index is 12.3. The van der Waals surface area contributed by atoms with Gasteiger partial charge in [0, 0.05) is 24.0 Å². The summed E-state index contributed by atoms with van der Waals surface area (Å²) in [6, 6.07) is 9.79. The van der Waals surface area contributed by atoms with Crippen LogP contribution in [0.2, 0.25) is 0 Å². The van der Waals surface area contributed by atoms with Crippen LogP contribution in [-0.2, 0) is 11.3 Å². The lowest BCUT2D eigenvalue weighted by molar-refractivity contribution is -0.121. The molecule has 0 saturated carbocycles. The molecule has 1 saturated heterocycles. The first kappa shape index (κ1) is 13.8. The van der Waals surface area contributed by atoms with Gasteiger partial charge in [-0.25, -0.2) is 0 Å². The van der Waals surface area contributed by atoms with E-state index in [1.54, 1.807) is 6.20 Å². The fraction of sp³-hybridized carbons (Fsp3) is 0.375. The van der Waals surface area contributed by atoms with E-state index in [-0.39, 0.29) is 11.8 Å². The molecular formula is C16H20N4O. The Morgan fingerprint density at radius 3 is 2.90 bits per heavy atom. The van der Waals surface area contributed by atoms with Crippen LogP contribution in [0.4, 0.5) is 5.69 Å². The zero-order valence-corrected chi connectivity index (χ0v) is 12.1. The molecule has 0 bridgehead atoms. The van der Waals surface area contributed by atoms with E-state index < -0.39 is 0 Å². The van der Waals surface area contributed by atoms with Crippen molar-refractivity contribution in [3.05, 3.63) is 48.3 Å². The van der Waals surface area contributed by atoms with Crippen molar-refractivity contribution < 1.29 is 4.79 Å². The number of hydrogen-bond acceptors (Lipinski definition) is 3. The summed E-state index contributed by atoms with van der Waals surface area (Å²) >= 11 is 0. The highest BCUT2D eigenvalue weighted by molar-refractivity contribution is 5.93. The smallest absolute Gasteiger partial charge is 0.227 e. The minimum absolute atomic E-state index is 0.0315. The van der Waals surface area contributed by atoms with E-state index in [9.17, 15) is 4.79 Å². The third kappa shape index (κ3) is 3.13. The van der Waals surface area contributed by atoms with Gasteiger partial charge in [-0.15, -0.1) is 0 Å². The highest BCUT2D eigenvalue weighted by Crippen LogP contribution is 2.21. The number of benzene rings is 1. The van der Waals surface area contributed by atoms with Crippen molar-refractivity contribution >= 4 is 11.6 Å². The maximum absolute atomic E-state index is 12.3. The predicted molar refractivity (Wildman–Crippen MR) is 81.9 cm³/mol. The number of para-hydroxylation sites is 1. The van der Waals surface area contributed by atoms with Crippen molar-refractivity contribution in [1.82, 2.24) is 15.1 Å². The van der Waals surface area contributed by atoms with Crippen LogP contribution in [-0.4, -0.2) is 28.8 Å². The van der Waals surface area contributed by atoms with Gasteiger partial charge >= 0.3 is 0 Å². The predicted octanol–water partition coefficient (Wildman–Crippen LogP) is 1.73. The second-order valence-electron chi connectivity index (χ2n) is 5.56. The Morgan fingerprint density at radius 1 is 1.43 bits per heavy atom. The molecule has 0 spiro atoms. The molecular weight excluding hydrogens is 264 g/mol. The van der Waals surface area contributed by atoms with Gasteiger partial charge in [0.05, 0.1) is 6.54 Å². The molecule has 2 aromatic rings. The van der Waals surface area contributed by atoms with Gasteiger partial charge in [0.2, 0.25) is 5.91 Å². The second-order valence-corrected chi connectivity index (χ2v) is 5.56. The van der Waals surface area contributed by atoms with Crippen molar-refractivity contribution in [3.8, 4) is 0 Å². The van der Waals surface area contributed by atoms with Crippen molar-refractivity contribution in [2.24, 2.45) is 11.8 Å². The average Bonchev–Trinajstić information content (AvgIpc) is 2.92. The molecule has 110 valence electrons. The molecule has 1 aromatic carbocycles. The number of carbonyl (C=O) groups is 1. The Bertz CT molecular complexity index is 604. The summed E-state index contributed by atoms with van der Waals surface area (Å²) < 4.78 is 1.85. The van der Waals surface area contributed by atoms with E-state index >= 15 is 0 Å². The lowest BCUT2D eigenvalue weighted by Gasteiger charge is -2.31. The number of carbonyl (C=O) groups excluding carboxylic acids is 1. The van der Waals surface area contributed by atoms with Gasteiger partial charge < -0.3 is 10.6 Å². The monoisotopic (exact) mass is 284 g/mol. The van der Waals surface area contributed by atoms with Crippen LogP contribution in [0.5, 0.6) is 0 Å². The van der Waals surface area contributed by atoms with Crippen LogP contribution >= 0.6 is 0 Å². The van der Waals surface area contributed by atoms with Gasteiger partial charge in [0.25, 0.3) is 0 Å². The molecule has 1 aliphatic rings. The quantitative estimate of drug-likeness (QED) is 0.879. The highest BCUT2D eigenvalue weighted by Gasteiger charge is 2.28. The fourth-order valence-corrected chi connectivity index (χ4v) is 2.47. The molecule has 1 fully saturated rings. The Hall–Kier alpha value is -2.14. The molecule has 0 aliphatic carbocycles. The lowest BCUT2D eigenvalue weighted by atomic mass is 9.88. The minimum atomic E-state index is 0.0315. The molecule has 2 N–H and O–H groups in total. The number of amides is 1. The van der Waals surface area contributed by atoms with E-state index in [4.69, 9.17) is 0 Å². The van der Waals surface area contributed by atoms with Crippen molar-refractivity contribution in [2.45, 2.75) is 13.5 Å². The zero-order valence-electron chi connectivity index (χ0n) is 12.1. The number of anilines is 1. The SMILES string of the molecule is CC(C(=O)Nc1ccccc1Cn1cccn1)C1CNC1. The topological polar surface area (TPSA) is 59.0 Å². The molecule has 1 atom stereocenters. The molecule has 1 amide bonds. The maximum Gasteiger partial charge on any atom is 0.227 e. The van der Waals surface area contributed by atoms with Gasteiger partial charge in [-0.05, 0) is 36.7 Å². The number of aromatic nitrogens is 2. The zero-order chi connectivity index (χ0) is 14.7. The van der Waals surface area contributed by atoms with Crippen LogP contribution in [0.3, 0.4) is 0 Å². The van der Waals surface area contributed by atoms with Crippen LogP contribution in [0.15, 0.2) is 42.7 Å². The van der Waals surface area contributed by atoms with Gasteiger partial charge in [0.15, 0.2) is 0 Å².